The molecule has 0 aliphatic heterocycles. The number of anilines is 1. The fourth-order valence-electron chi connectivity index (χ4n) is 2.45. The molecule has 144 valence electrons. The minimum Gasteiger partial charge on any atom is -0.351 e. The van der Waals surface area contributed by atoms with Crippen LogP contribution in [0.25, 0.3) is 0 Å². The molecule has 1 unspecified atom stereocenters. The predicted octanol–water partition coefficient (Wildman–Crippen LogP) is 5.12. The highest BCUT2D eigenvalue weighted by Gasteiger charge is 2.14. The number of carbonyl (C=O) groups is 2. The van der Waals surface area contributed by atoms with Gasteiger partial charge in [0, 0.05) is 28.6 Å². The van der Waals surface area contributed by atoms with Gasteiger partial charge in [0.1, 0.15) is 0 Å². The summed E-state index contributed by atoms with van der Waals surface area (Å²) in [5, 5.41) is 6.29. The lowest BCUT2D eigenvalue weighted by Gasteiger charge is -2.13. The van der Waals surface area contributed by atoms with E-state index in [1.807, 2.05) is 69.3 Å². The molecule has 0 saturated carbocycles. The molecule has 2 aromatic carbocycles. The largest absolute Gasteiger partial charge is 0.351 e. The summed E-state index contributed by atoms with van der Waals surface area (Å²) < 4.78 is 0. The van der Waals surface area contributed by atoms with Gasteiger partial charge in [0.25, 0.3) is 0 Å². The van der Waals surface area contributed by atoms with E-state index >= 15 is 0 Å². The van der Waals surface area contributed by atoms with Gasteiger partial charge in [-0.05, 0) is 54.8 Å². The van der Waals surface area contributed by atoms with Crippen LogP contribution in [-0.4, -0.2) is 17.1 Å². The van der Waals surface area contributed by atoms with E-state index in [-0.39, 0.29) is 17.1 Å². The molecule has 2 N–H and O–H groups in total. The second-order valence-corrected chi connectivity index (χ2v) is 8.63. The van der Waals surface area contributed by atoms with E-state index in [0.717, 1.165) is 16.1 Å². The minimum atomic E-state index is -0.222. The Morgan fingerprint density at radius 1 is 1.07 bits per heavy atom. The summed E-state index contributed by atoms with van der Waals surface area (Å²) in [5.41, 5.74) is 1.69. The van der Waals surface area contributed by atoms with Crippen molar-refractivity contribution in [2.45, 2.75) is 43.9 Å². The summed E-state index contributed by atoms with van der Waals surface area (Å²) in [6.07, 6.45) is 0.487. The Balaban J connectivity index is 1.86. The number of rotatable bonds is 8. The maximum absolute atomic E-state index is 12.3. The second kappa shape index (κ2) is 10.4. The molecule has 2 amide bonds. The number of nitrogens with one attached hydrogen (secondary N) is 2. The first-order valence-electron chi connectivity index (χ1n) is 8.92. The molecule has 0 fully saturated rings. The van der Waals surface area contributed by atoms with Gasteiger partial charge < -0.3 is 10.6 Å². The molecule has 0 aromatic heterocycles. The standard InChI is InChI=1S/C21H25ClN2O2S/c1-14(2)11-20(25)24-18-6-4-5-16(12-18)13-23-21(26)15(3)27-19-9-7-17(22)8-10-19/h4-10,12,14-15H,11,13H2,1-3H3,(H,23,26)(H,24,25). The molecule has 0 spiro atoms. The van der Waals surface area contributed by atoms with E-state index in [0.29, 0.717) is 23.9 Å². The highest BCUT2D eigenvalue weighted by molar-refractivity contribution is 8.00. The van der Waals surface area contributed by atoms with Crippen molar-refractivity contribution in [2.24, 2.45) is 5.92 Å². The molecule has 0 heterocycles. The van der Waals surface area contributed by atoms with Gasteiger partial charge in [0.2, 0.25) is 11.8 Å². The number of benzene rings is 2. The Kier molecular flexibility index (Phi) is 8.20. The Hall–Kier alpha value is -1.98. The molecule has 27 heavy (non-hydrogen) atoms. The number of hydrogen-bond donors (Lipinski definition) is 2. The van der Waals surface area contributed by atoms with E-state index < -0.39 is 0 Å². The van der Waals surface area contributed by atoms with E-state index in [2.05, 4.69) is 10.6 Å². The monoisotopic (exact) mass is 404 g/mol. The second-order valence-electron chi connectivity index (χ2n) is 6.78. The molecule has 6 heteroatoms. The maximum Gasteiger partial charge on any atom is 0.233 e. The van der Waals surface area contributed by atoms with E-state index in [4.69, 9.17) is 11.6 Å². The van der Waals surface area contributed by atoms with Gasteiger partial charge in [-0.15, -0.1) is 11.8 Å². The first-order chi connectivity index (χ1) is 12.8. The zero-order valence-corrected chi connectivity index (χ0v) is 17.4. The van der Waals surface area contributed by atoms with Gasteiger partial charge in [-0.1, -0.05) is 37.6 Å². The van der Waals surface area contributed by atoms with Crippen molar-refractivity contribution in [3.63, 3.8) is 0 Å². The maximum atomic E-state index is 12.3. The number of thioether (sulfide) groups is 1. The van der Waals surface area contributed by atoms with Crippen LogP contribution in [0.3, 0.4) is 0 Å². The van der Waals surface area contributed by atoms with Gasteiger partial charge in [0.15, 0.2) is 0 Å². The molecule has 0 aliphatic rings. The van der Waals surface area contributed by atoms with Gasteiger partial charge in [-0.3, -0.25) is 9.59 Å². The van der Waals surface area contributed by atoms with Crippen molar-refractivity contribution in [1.29, 1.82) is 0 Å². The zero-order valence-electron chi connectivity index (χ0n) is 15.8. The smallest absolute Gasteiger partial charge is 0.233 e. The van der Waals surface area contributed by atoms with Crippen LogP contribution in [0.5, 0.6) is 0 Å². The molecule has 1 atom stereocenters. The Bertz CT molecular complexity index is 778. The lowest BCUT2D eigenvalue weighted by molar-refractivity contribution is -0.120. The molecular formula is C21H25ClN2O2S. The number of carbonyl (C=O) groups excluding carboxylic acids is 2. The zero-order chi connectivity index (χ0) is 19.8. The van der Waals surface area contributed by atoms with Crippen LogP contribution < -0.4 is 10.6 Å². The number of halogens is 1. The first kappa shape index (κ1) is 21.3. The molecule has 0 aliphatic carbocycles. The topological polar surface area (TPSA) is 58.2 Å². The number of hydrogen-bond acceptors (Lipinski definition) is 3. The SMILES string of the molecule is CC(C)CC(=O)Nc1cccc(CNC(=O)C(C)Sc2ccc(Cl)cc2)c1. The summed E-state index contributed by atoms with van der Waals surface area (Å²) in [6, 6.07) is 15.0. The van der Waals surface area contributed by atoms with Crippen molar-refractivity contribution < 1.29 is 9.59 Å². The minimum absolute atomic E-state index is 0.000766. The van der Waals surface area contributed by atoms with E-state index in [9.17, 15) is 9.59 Å². The normalized spacial score (nSPS) is 11.9. The fourth-order valence-corrected chi connectivity index (χ4v) is 3.46. The number of amides is 2. The highest BCUT2D eigenvalue weighted by atomic mass is 35.5. The Morgan fingerprint density at radius 2 is 1.78 bits per heavy atom. The average molecular weight is 405 g/mol. The average Bonchev–Trinajstić information content (AvgIpc) is 2.61. The third kappa shape index (κ3) is 7.65. The summed E-state index contributed by atoms with van der Waals surface area (Å²) in [7, 11) is 0. The molecular weight excluding hydrogens is 380 g/mol. The quantitative estimate of drug-likeness (QED) is 0.600. The molecule has 2 aromatic rings. The predicted molar refractivity (Wildman–Crippen MR) is 113 cm³/mol. The van der Waals surface area contributed by atoms with Crippen molar-refractivity contribution in [3.05, 3.63) is 59.1 Å². The van der Waals surface area contributed by atoms with Crippen molar-refractivity contribution >= 4 is 40.9 Å². The van der Waals surface area contributed by atoms with Crippen LogP contribution in [0, 0.1) is 5.92 Å². The van der Waals surface area contributed by atoms with Gasteiger partial charge >= 0.3 is 0 Å². The van der Waals surface area contributed by atoms with Gasteiger partial charge in [-0.2, -0.15) is 0 Å². The Morgan fingerprint density at radius 3 is 2.44 bits per heavy atom. The molecule has 0 bridgehead atoms. The summed E-state index contributed by atoms with van der Waals surface area (Å²) in [5.74, 6) is 0.274. The van der Waals surface area contributed by atoms with Crippen LogP contribution >= 0.6 is 23.4 Å². The van der Waals surface area contributed by atoms with Crippen molar-refractivity contribution in [1.82, 2.24) is 5.32 Å². The lowest BCUT2D eigenvalue weighted by atomic mass is 10.1. The Labute approximate surface area is 170 Å². The third-order valence-electron chi connectivity index (χ3n) is 3.77. The summed E-state index contributed by atoms with van der Waals surface area (Å²) in [4.78, 5) is 25.2. The summed E-state index contributed by atoms with van der Waals surface area (Å²) >= 11 is 7.37. The summed E-state index contributed by atoms with van der Waals surface area (Å²) in [6.45, 7) is 6.30. The van der Waals surface area contributed by atoms with Crippen LogP contribution in [0.1, 0.15) is 32.8 Å². The van der Waals surface area contributed by atoms with Crippen LogP contribution in [-0.2, 0) is 16.1 Å². The van der Waals surface area contributed by atoms with E-state index in [1.54, 1.807) is 0 Å². The van der Waals surface area contributed by atoms with Gasteiger partial charge in [0.05, 0.1) is 5.25 Å². The van der Waals surface area contributed by atoms with E-state index in [1.165, 1.54) is 11.8 Å². The fraction of sp³-hybridized carbons (Fsp3) is 0.333. The van der Waals surface area contributed by atoms with Crippen LogP contribution in [0.4, 0.5) is 5.69 Å². The molecule has 2 rings (SSSR count). The lowest BCUT2D eigenvalue weighted by Crippen LogP contribution is -2.30. The third-order valence-corrected chi connectivity index (χ3v) is 5.13. The molecule has 4 nitrogen and oxygen atoms in total. The van der Waals surface area contributed by atoms with Crippen molar-refractivity contribution in [2.75, 3.05) is 5.32 Å². The van der Waals surface area contributed by atoms with Gasteiger partial charge in [-0.25, -0.2) is 0 Å². The van der Waals surface area contributed by atoms with Crippen LogP contribution in [0.2, 0.25) is 5.02 Å². The van der Waals surface area contributed by atoms with Crippen LogP contribution in [0.15, 0.2) is 53.4 Å². The first-order valence-corrected chi connectivity index (χ1v) is 10.2. The van der Waals surface area contributed by atoms with Crippen molar-refractivity contribution in [3.8, 4) is 0 Å². The highest BCUT2D eigenvalue weighted by Crippen LogP contribution is 2.24. The molecule has 0 radical (unpaired) electrons. The molecule has 0 saturated heterocycles.